The van der Waals surface area contributed by atoms with Crippen molar-refractivity contribution >= 4 is 17.8 Å². The van der Waals surface area contributed by atoms with Gasteiger partial charge in [0, 0.05) is 37.8 Å². The minimum absolute atomic E-state index is 0.0219. The topological polar surface area (TPSA) is 174 Å². The van der Waals surface area contributed by atoms with Gasteiger partial charge in [-0.15, -0.1) is 0 Å². The summed E-state index contributed by atoms with van der Waals surface area (Å²) in [5.74, 6) is -3.41. The molecular weight excluding hydrogens is 752 g/mol. The van der Waals surface area contributed by atoms with Crippen LogP contribution in [-0.2, 0) is 52.9 Å². The van der Waals surface area contributed by atoms with Crippen molar-refractivity contribution in [1.82, 2.24) is 19.4 Å². The molecule has 2 unspecified atom stereocenters. The summed E-state index contributed by atoms with van der Waals surface area (Å²) in [6, 6.07) is 18.9. The molecule has 0 aliphatic carbocycles. The zero-order chi connectivity index (χ0) is 42.3. The third-order valence-corrected chi connectivity index (χ3v) is 9.23. The minimum Gasteiger partial charge on any atom is -0.479 e. The highest BCUT2D eigenvalue weighted by Gasteiger charge is 2.30. The fourth-order valence-electron chi connectivity index (χ4n) is 5.74. The number of rotatable bonds is 18. The van der Waals surface area contributed by atoms with Gasteiger partial charge in [0.1, 0.15) is 18.2 Å². The maximum absolute atomic E-state index is 13.9. The summed E-state index contributed by atoms with van der Waals surface area (Å²) in [4.78, 5) is 54.5. The van der Waals surface area contributed by atoms with E-state index in [1.54, 1.807) is 27.8 Å². The van der Waals surface area contributed by atoms with Crippen molar-refractivity contribution in [3.8, 4) is 11.1 Å². The predicted octanol–water partition coefficient (Wildman–Crippen LogP) is 5.05. The summed E-state index contributed by atoms with van der Waals surface area (Å²) in [5.41, 5.74) is 2.87. The molecule has 0 saturated carbocycles. The Morgan fingerprint density at radius 1 is 0.772 bits per heavy atom. The summed E-state index contributed by atoms with van der Waals surface area (Å²) in [6.45, 7) is 9.28. The molecule has 57 heavy (non-hydrogen) atoms. The van der Waals surface area contributed by atoms with E-state index in [0.717, 1.165) is 41.9 Å². The number of aliphatic hydroxyl groups excluding tert-OH is 2. The molecule has 4 rings (SSSR count). The third-order valence-electron chi connectivity index (χ3n) is 9.23. The number of aromatic nitrogens is 2. The Balaban J connectivity index is 0.000000766. The second-order valence-electron chi connectivity index (χ2n) is 13.1. The van der Waals surface area contributed by atoms with Gasteiger partial charge in [-0.05, 0) is 78.9 Å². The Labute approximate surface area is 327 Å². The van der Waals surface area contributed by atoms with Crippen molar-refractivity contribution in [1.29, 1.82) is 0 Å². The van der Waals surface area contributed by atoms with Crippen molar-refractivity contribution in [2.45, 2.75) is 77.9 Å². The van der Waals surface area contributed by atoms with Crippen molar-refractivity contribution in [2.24, 2.45) is 0 Å². The van der Waals surface area contributed by atoms with Crippen molar-refractivity contribution < 1.29 is 52.4 Å². The molecule has 308 valence electrons. The molecular formula is C41H48F4N4O8. The molecule has 1 aromatic heterocycles. The van der Waals surface area contributed by atoms with E-state index >= 15 is 0 Å². The first-order valence-electron chi connectivity index (χ1n) is 18.4. The number of aliphatic carboxylic acids is 2. The highest BCUT2D eigenvalue weighted by Crippen LogP contribution is 2.31. The SMILES string of the molecule is CCc1cn(CC(=O)N(CCN(CC)CC)Cc2ccc(-c3ccc(C(F)(F)F)cc3)cc2)c(CCCc2ccc(F)cc2)nc1=O.O=C(O)C(O)C(O)C(=O)O. The molecule has 4 N–H and O–H groups in total. The number of aryl methyl sites for hydroxylation is 3. The average molecular weight is 801 g/mol. The zero-order valence-corrected chi connectivity index (χ0v) is 32.0. The Kier molecular flexibility index (Phi) is 17.5. The first-order valence-corrected chi connectivity index (χ1v) is 18.4. The number of carbonyl (C=O) groups is 3. The smallest absolute Gasteiger partial charge is 0.416 e. The van der Waals surface area contributed by atoms with Crippen LogP contribution in [0.4, 0.5) is 17.6 Å². The quantitative estimate of drug-likeness (QED) is 0.0998. The van der Waals surface area contributed by atoms with Crippen LogP contribution in [0.25, 0.3) is 11.1 Å². The van der Waals surface area contributed by atoms with Gasteiger partial charge in [-0.3, -0.25) is 9.59 Å². The molecule has 1 amide bonds. The van der Waals surface area contributed by atoms with Gasteiger partial charge in [-0.1, -0.05) is 69.3 Å². The van der Waals surface area contributed by atoms with Crippen LogP contribution in [0.2, 0.25) is 0 Å². The van der Waals surface area contributed by atoms with Crippen LogP contribution >= 0.6 is 0 Å². The van der Waals surface area contributed by atoms with Gasteiger partial charge in [-0.25, -0.2) is 14.0 Å². The number of carboxylic acid groups (broad SMARTS) is 2. The lowest BCUT2D eigenvalue weighted by Gasteiger charge is -2.27. The number of benzene rings is 3. The van der Waals surface area contributed by atoms with E-state index in [2.05, 4.69) is 23.7 Å². The number of halogens is 4. The zero-order valence-electron chi connectivity index (χ0n) is 32.0. The second kappa shape index (κ2) is 21.7. The largest absolute Gasteiger partial charge is 0.479 e. The molecule has 0 spiro atoms. The van der Waals surface area contributed by atoms with Crippen LogP contribution in [0.1, 0.15) is 55.3 Å². The van der Waals surface area contributed by atoms with Gasteiger partial charge in [-0.2, -0.15) is 18.2 Å². The average Bonchev–Trinajstić information content (AvgIpc) is 3.18. The van der Waals surface area contributed by atoms with E-state index in [1.807, 2.05) is 31.2 Å². The molecule has 4 aromatic rings. The maximum atomic E-state index is 13.9. The lowest BCUT2D eigenvalue weighted by molar-refractivity contribution is -0.165. The first-order chi connectivity index (χ1) is 27.0. The molecule has 16 heteroatoms. The Hall–Kier alpha value is -5.45. The van der Waals surface area contributed by atoms with Crippen LogP contribution in [0.3, 0.4) is 0 Å². The molecule has 0 bridgehead atoms. The number of nitrogens with zero attached hydrogens (tertiary/aromatic N) is 4. The summed E-state index contributed by atoms with van der Waals surface area (Å²) in [6.07, 6.45) is -4.86. The Bertz CT molecular complexity index is 1950. The van der Waals surface area contributed by atoms with Crippen LogP contribution in [0.15, 0.2) is 83.8 Å². The predicted molar refractivity (Wildman–Crippen MR) is 204 cm³/mol. The van der Waals surface area contributed by atoms with Crippen LogP contribution < -0.4 is 5.56 Å². The third kappa shape index (κ3) is 14.2. The van der Waals surface area contributed by atoms with Crippen LogP contribution in [-0.4, -0.2) is 96.0 Å². The first kappa shape index (κ1) is 45.9. The van der Waals surface area contributed by atoms with Crippen molar-refractivity contribution in [3.63, 3.8) is 0 Å². The number of carboxylic acids is 2. The number of aliphatic hydroxyl groups is 2. The second-order valence-corrected chi connectivity index (χ2v) is 13.1. The Morgan fingerprint density at radius 2 is 1.30 bits per heavy atom. The fraction of sp³-hybridized carbons (Fsp3) is 0.390. The number of hydrogen-bond acceptors (Lipinski definition) is 8. The summed E-state index contributed by atoms with van der Waals surface area (Å²) >= 11 is 0. The minimum atomic E-state index is -4.39. The van der Waals surface area contributed by atoms with E-state index in [-0.39, 0.29) is 23.8 Å². The molecule has 0 fully saturated rings. The highest BCUT2D eigenvalue weighted by atomic mass is 19.4. The number of hydrogen-bond donors (Lipinski definition) is 4. The molecule has 3 aromatic carbocycles. The van der Waals surface area contributed by atoms with E-state index in [1.165, 1.54) is 24.3 Å². The number of likely N-dealkylation sites (N-methyl/N-ethyl adjacent to an activating group) is 1. The molecule has 0 aliphatic heterocycles. The summed E-state index contributed by atoms with van der Waals surface area (Å²) < 4.78 is 54.1. The summed E-state index contributed by atoms with van der Waals surface area (Å²) in [7, 11) is 0. The highest BCUT2D eigenvalue weighted by molar-refractivity contribution is 5.83. The van der Waals surface area contributed by atoms with Gasteiger partial charge in [0.05, 0.1) is 5.56 Å². The van der Waals surface area contributed by atoms with Gasteiger partial charge >= 0.3 is 18.1 Å². The van der Waals surface area contributed by atoms with Gasteiger partial charge in [0.25, 0.3) is 5.56 Å². The molecule has 0 aliphatic rings. The normalized spacial score (nSPS) is 12.4. The van der Waals surface area contributed by atoms with Gasteiger partial charge in [0.2, 0.25) is 5.91 Å². The Morgan fingerprint density at radius 3 is 1.79 bits per heavy atom. The van der Waals surface area contributed by atoms with E-state index in [0.29, 0.717) is 62.3 Å². The monoisotopic (exact) mass is 800 g/mol. The van der Waals surface area contributed by atoms with Crippen molar-refractivity contribution in [2.75, 3.05) is 26.2 Å². The van der Waals surface area contributed by atoms with E-state index in [9.17, 15) is 36.7 Å². The van der Waals surface area contributed by atoms with Crippen LogP contribution in [0.5, 0.6) is 0 Å². The standard InChI is InChI=1S/C37H42F4N4O2.C4H6O6/c1-4-29-25-45(34(42-36(29)47)9-7-8-27-12-20-33(38)21-13-27)26-35(46)44(23-22-43(5-2)6-3)24-28-10-14-30(15-11-28)31-16-18-32(19-17-31)37(39,40)41;5-1(3(7)8)2(6)4(9)10/h10-21,25H,4-9,22-24,26H2,1-3H3;1-2,5-6H,(H,7,8)(H,9,10). The molecule has 1 heterocycles. The van der Waals surface area contributed by atoms with E-state index in [4.69, 9.17) is 20.4 Å². The van der Waals surface area contributed by atoms with Gasteiger partial charge < -0.3 is 34.8 Å². The number of amides is 1. The number of alkyl halides is 3. The summed E-state index contributed by atoms with van der Waals surface area (Å²) in [5, 5.41) is 32.5. The maximum Gasteiger partial charge on any atom is 0.416 e. The van der Waals surface area contributed by atoms with Gasteiger partial charge in [0.15, 0.2) is 12.2 Å². The fourth-order valence-corrected chi connectivity index (χ4v) is 5.74. The lowest BCUT2D eigenvalue weighted by Crippen LogP contribution is -2.40. The van der Waals surface area contributed by atoms with Crippen molar-refractivity contribution in [3.05, 3.63) is 123 Å². The molecule has 0 radical (unpaired) electrons. The molecule has 0 saturated heterocycles. The molecule has 2 atom stereocenters. The van der Waals surface area contributed by atoms with Crippen LogP contribution in [0, 0.1) is 5.82 Å². The molecule has 12 nitrogen and oxygen atoms in total. The number of carbonyl (C=O) groups excluding carboxylic acids is 1. The van der Waals surface area contributed by atoms with E-state index < -0.39 is 35.9 Å². The lowest BCUT2D eigenvalue weighted by atomic mass is 10.0.